The Bertz CT molecular complexity index is 1020. The van der Waals surface area contributed by atoms with E-state index in [1.807, 2.05) is 30.5 Å². The summed E-state index contributed by atoms with van der Waals surface area (Å²) in [6, 6.07) is 15.4. The van der Waals surface area contributed by atoms with Crippen molar-refractivity contribution >= 4 is 29.7 Å². The number of alkyl carbamates (subject to hydrolysis) is 1. The zero-order valence-electron chi connectivity index (χ0n) is 19.4. The average Bonchev–Trinajstić information content (AvgIpc) is 3.12. The van der Waals surface area contributed by atoms with Gasteiger partial charge in [0.15, 0.2) is 0 Å². The topological polar surface area (TPSA) is 95.9 Å². The molecule has 180 valence electrons. The number of likely N-dealkylation sites (N-methyl/N-ethyl adjacent to an activating group) is 1. The number of benzene rings is 2. The van der Waals surface area contributed by atoms with E-state index in [0.717, 1.165) is 22.3 Å². The molecule has 2 aromatic carbocycles. The number of ether oxygens (including phenoxy) is 1. The summed E-state index contributed by atoms with van der Waals surface area (Å²) in [5.74, 6) is -0.788. The number of thioether (sulfide) groups is 1. The fourth-order valence-corrected chi connectivity index (χ4v) is 5.28. The lowest BCUT2D eigenvalue weighted by Gasteiger charge is -2.40. The second-order valence-electron chi connectivity index (χ2n) is 8.91. The van der Waals surface area contributed by atoms with E-state index in [1.165, 1.54) is 0 Å². The fraction of sp³-hybridized carbons (Fsp3) is 0.423. The Morgan fingerprint density at radius 2 is 1.68 bits per heavy atom. The molecule has 8 heteroatoms. The predicted molar refractivity (Wildman–Crippen MR) is 132 cm³/mol. The van der Waals surface area contributed by atoms with Crippen LogP contribution in [-0.4, -0.2) is 65.7 Å². The van der Waals surface area contributed by atoms with Gasteiger partial charge in [0.25, 0.3) is 0 Å². The highest BCUT2D eigenvalue weighted by Crippen LogP contribution is 2.44. The SMILES string of the molecule is CSCC[C@@H](NC(=O)OCC1c2ccccc2-c2ccccc21)C(=O)N(C)C1CC(C(=O)O)C1. The second kappa shape index (κ2) is 10.5. The normalized spacial score (nSPS) is 19.4. The van der Waals surface area contributed by atoms with Gasteiger partial charge < -0.3 is 20.1 Å². The molecule has 0 aliphatic heterocycles. The fourth-order valence-electron chi connectivity index (χ4n) is 4.81. The first-order valence-electron chi connectivity index (χ1n) is 11.5. The molecule has 0 bridgehead atoms. The van der Waals surface area contributed by atoms with Crippen molar-refractivity contribution in [3.8, 4) is 11.1 Å². The minimum absolute atomic E-state index is 0.0518. The van der Waals surface area contributed by atoms with Crippen molar-refractivity contribution in [2.75, 3.05) is 25.7 Å². The van der Waals surface area contributed by atoms with Crippen LogP contribution in [0.1, 0.15) is 36.3 Å². The van der Waals surface area contributed by atoms with Crippen molar-refractivity contribution in [1.82, 2.24) is 10.2 Å². The van der Waals surface area contributed by atoms with Gasteiger partial charge in [-0.05, 0) is 53.5 Å². The number of nitrogens with one attached hydrogen (secondary N) is 1. The van der Waals surface area contributed by atoms with Crippen molar-refractivity contribution in [3.05, 3.63) is 59.7 Å². The first kappa shape index (κ1) is 24.1. The molecule has 0 heterocycles. The summed E-state index contributed by atoms with van der Waals surface area (Å²) in [7, 11) is 1.68. The predicted octanol–water partition coefficient (Wildman–Crippen LogP) is 3.97. The molecule has 2 aliphatic rings. The van der Waals surface area contributed by atoms with Crippen LogP contribution in [0.15, 0.2) is 48.5 Å². The van der Waals surface area contributed by atoms with E-state index in [-0.39, 0.29) is 24.5 Å². The maximum Gasteiger partial charge on any atom is 0.407 e. The summed E-state index contributed by atoms with van der Waals surface area (Å²) < 4.78 is 5.62. The molecule has 0 radical (unpaired) electrons. The molecule has 0 aromatic heterocycles. The van der Waals surface area contributed by atoms with Gasteiger partial charge in [-0.3, -0.25) is 9.59 Å². The van der Waals surface area contributed by atoms with E-state index in [2.05, 4.69) is 29.6 Å². The summed E-state index contributed by atoms with van der Waals surface area (Å²) in [5, 5.41) is 11.9. The number of hydrogen-bond acceptors (Lipinski definition) is 5. The molecule has 1 fully saturated rings. The highest BCUT2D eigenvalue weighted by Gasteiger charge is 2.40. The van der Waals surface area contributed by atoms with Crippen LogP contribution in [-0.2, 0) is 14.3 Å². The second-order valence-corrected chi connectivity index (χ2v) is 9.90. The summed E-state index contributed by atoms with van der Waals surface area (Å²) in [5.41, 5.74) is 4.57. The monoisotopic (exact) mass is 482 g/mol. The van der Waals surface area contributed by atoms with Crippen molar-refractivity contribution in [1.29, 1.82) is 0 Å². The van der Waals surface area contributed by atoms with Crippen LogP contribution in [0.4, 0.5) is 4.79 Å². The van der Waals surface area contributed by atoms with Gasteiger partial charge in [0.2, 0.25) is 5.91 Å². The number of hydrogen-bond donors (Lipinski definition) is 2. The number of fused-ring (bicyclic) bond motifs is 3. The van der Waals surface area contributed by atoms with Gasteiger partial charge in [0, 0.05) is 19.0 Å². The van der Waals surface area contributed by atoms with Crippen LogP contribution in [0.5, 0.6) is 0 Å². The van der Waals surface area contributed by atoms with E-state index in [1.54, 1.807) is 23.7 Å². The Labute approximate surface area is 203 Å². The van der Waals surface area contributed by atoms with Crippen LogP contribution in [0.3, 0.4) is 0 Å². The zero-order chi connectivity index (χ0) is 24.2. The van der Waals surface area contributed by atoms with E-state index in [4.69, 9.17) is 9.84 Å². The van der Waals surface area contributed by atoms with Gasteiger partial charge in [0.1, 0.15) is 12.6 Å². The molecule has 2 aromatic rings. The lowest BCUT2D eigenvalue weighted by atomic mass is 9.79. The van der Waals surface area contributed by atoms with E-state index < -0.39 is 24.0 Å². The van der Waals surface area contributed by atoms with Gasteiger partial charge >= 0.3 is 12.1 Å². The standard InChI is InChI=1S/C26H30N2O5S/c1-28(17-13-16(14-17)25(30)31)24(29)23(11-12-34-2)27-26(32)33-15-22-20-9-5-3-7-18(20)19-8-4-6-10-21(19)22/h3-10,16-17,22-23H,11-15H2,1-2H3,(H,27,32)(H,30,31)/t16?,17?,23-/m1/s1. The van der Waals surface area contributed by atoms with Crippen molar-refractivity contribution in [3.63, 3.8) is 0 Å². The average molecular weight is 483 g/mol. The van der Waals surface area contributed by atoms with Gasteiger partial charge in [0.05, 0.1) is 5.92 Å². The van der Waals surface area contributed by atoms with E-state index in [0.29, 0.717) is 25.0 Å². The summed E-state index contributed by atoms with van der Waals surface area (Å²) in [4.78, 5) is 38.5. The molecule has 34 heavy (non-hydrogen) atoms. The first-order valence-corrected chi connectivity index (χ1v) is 12.9. The molecule has 2 amide bonds. The van der Waals surface area contributed by atoms with E-state index >= 15 is 0 Å². The van der Waals surface area contributed by atoms with Gasteiger partial charge in [-0.15, -0.1) is 0 Å². The number of nitrogens with zero attached hydrogens (tertiary/aromatic N) is 1. The van der Waals surface area contributed by atoms with Crippen LogP contribution in [0.25, 0.3) is 11.1 Å². The third-order valence-electron chi connectivity index (χ3n) is 6.90. The molecule has 0 unspecified atom stereocenters. The number of carboxylic acids is 1. The molecule has 1 saturated carbocycles. The number of carbonyl (C=O) groups excluding carboxylic acids is 2. The maximum atomic E-state index is 13.1. The molecule has 0 saturated heterocycles. The first-order chi connectivity index (χ1) is 16.4. The quantitative estimate of drug-likeness (QED) is 0.562. The molecule has 4 rings (SSSR count). The molecule has 2 N–H and O–H groups in total. The zero-order valence-corrected chi connectivity index (χ0v) is 20.2. The summed E-state index contributed by atoms with van der Waals surface area (Å²) >= 11 is 1.60. The van der Waals surface area contributed by atoms with Gasteiger partial charge in [-0.1, -0.05) is 48.5 Å². The number of amides is 2. The minimum Gasteiger partial charge on any atom is -0.481 e. The molecule has 1 atom stereocenters. The Balaban J connectivity index is 1.38. The highest BCUT2D eigenvalue weighted by atomic mass is 32.2. The molecule has 7 nitrogen and oxygen atoms in total. The van der Waals surface area contributed by atoms with Crippen molar-refractivity contribution < 1.29 is 24.2 Å². The highest BCUT2D eigenvalue weighted by molar-refractivity contribution is 7.98. The summed E-state index contributed by atoms with van der Waals surface area (Å²) in [6.45, 7) is 0.183. The molecular formula is C26H30N2O5S. The minimum atomic E-state index is -0.826. The smallest absolute Gasteiger partial charge is 0.407 e. The Kier molecular flexibility index (Phi) is 7.46. The number of carbonyl (C=O) groups is 3. The molecule has 2 aliphatic carbocycles. The Hall–Kier alpha value is -3.00. The third kappa shape index (κ3) is 4.92. The maximum absolute atomic E-state index is 13.1. The van der Waals surface area contributed by atoms with Crippen LogP contribution >= 0.6 is 11.8 Å². The molecule has 0 spiro atoms. The summed E-state index contributed by atoms with van der Waals surface area (Å²) in [6.07, 6.45) is 2.69. The van der Waals surface area contributed by atoms with E-state index in [9.17, 15) is 14.4 Å². The largest absolute Gasteiger partial charge is 0.481 e. The lowest BCUT2D eigenvalue weighted by Crippen LogP contribution is -2.54. The third-order valence-corrected chi connectivity index (χ3v) is 7.55. The van der Waals surface area contributed by atoms with Crippen LogP contribution in [0.2, 0.25) is 0 Å². The lowest BCUT2D eigenvalue weighted by molar-refractivity contribution is -0.150. The number of aliphatic carboxylic acids is 1. The van der Waals surface area contributed by atoms with Crippen LogP contribution < -0.4 is 5.32 Å². The van der Waals surface area contributed by atoms with Gasteiger partial charge in [-0.2, -0.15) is 11.8 Å². The van der Waals surface area contributed by atoms with Crippen molar-refractivity contribution in [2.24, 2.45) is 5.92 Å². The van der Waals surface area contributed by atoms with Crippen LogP contribution in [0, 0.1) is 5.92 Å². The Morgan fingerprint density at radius 1 is 1.09 bits per heavy atom. The van der Waals surface area contributed by atoms with Gasteiger partial charge in [-0.25, -0.2) is 4.79 Å². The van der Waals surface area contributed by atoms with Crippen molar-refractivity contribution in [2.45, 2.75) is 37.3 Å². The number of rotatable bonds is 9. The number of carboxylic acid groups (broad SMARTS) is 1. The molecular weight excluding hydrogens is 452 g/mol. The Morgan fingerprint density at radius 3 is 2.24 bits per heavy atom.